The summed E-state index contributed by atoms with van der Waals surface area (Å²) >= 11 is 3.48. The minimum Gasteiger partial charge on any atom is -0.376 e. The molecular formula is C13H12IN3O2S. The molecule has 0 spiro atoms. The molecule has 0 aliphatic heterocycles. The first kappa shape index (κ1) is 14.8. The molecule has 0 aliphatic carbocycles. The van der Waals surface area contributed by atoms with Crippen LogP contribution < -0.4 is 16.4 Å². The van der Waals surface area contributed by atoms with Crippen molar-refractivity contribution in [2.75, 3.05) is 17.2 Å². The molecule has 20 heavy (non-hydrogen) atoms. The van der Waals surface area contributed by atoms with E-state index in [-0.39, 0.29) is 12.5 Å². The van der Waals surface area contributed by atoms with Crippen LogP contribution in [-0.2, 0) is 4.79 Å². The lowest BCUT2D eigenvalue weighted by Gasteiger charge is -2.07. The number of carbonyl (C=O) groups is 2. The van der Waals surface area contributed by atoms with Gasteiger partial charge in [0.2, 0.25) is 5.91 Å². The van der Waals surface area contributed by atoms with Gasteiger partial charge in [-0.1, -0.05) is 0 Å². The first-order valence-electron chi connectivity index (χ1n) is 5.73. The van der Waals surface area contributed by atoms with Crippen LogP contribution in [0.25, 0.3) is 0 Å². The predicted octanol–water partition coefficient (Wildman–Crippen LogP) is 2.50. The highest BCUT2D eigenvalue weighted by atomic mass is 127. The number of carbonyl (C=O) groups excluding carboxylic acids is 2. The lowest BCUT2D eigenvalue weighted by atomic mass is 10.3. The Balaban J connectivity index is 1.91. The maximum atomic E-state index is 11.8. The second-order valence-corrected chi connectivity index (χ2v) is 6.10. The summed E-state index contributed by atoms with van der Waals surface area (Å²) in [6.45, 7) is 0.122. The Morgan fingerprint density at radius 3 is 2.55 bits per heavy atom. The average Bonchev–Trinajstić information content (AvgIpc) is 2.86. The second-order valence-electron chi connectivity index (χ2n) is 3.94. The number of amides is 2. The normalized spacial score (nSPS) is 10.1. The third-order valence-corrected chi connectivity index (χ3v) is 4.03. The van der Waals surface area contributed by atoms with Gasteiger partial charge in [0.1, 0.15) is 5.00 Å². The van der Waals surface area contributed by atoms with E-state index in [1.807, 2.05) is 24.3 Å². The molecule has 104 valence electrons. The van der Waals surface area contributed by atoms with Gasteiger partial charge < -0.3 is 16.4 Å². The van der Waals surface area contributed by atoms with E-state index in [1.54, 1.807) is 11.4 Å². The van der Waals surface area contributed by atoms with Gasteiger partial charge in [0, 0.05) is 9.26 Å². The van der Waals surface area contributed by atoms with Gasteiger partial charge in [0.25, 0.3) is 5.91 Å². The van der Waals surface area contributed by atoms with E-state index in [4.69, 9.17) is 5.73 Å². The quantitative estimate of drug-likeness (QED) is 0.674. The number of primary amides is 1. The van der Waals surface area contributed by atoms with Gasteiger partial charge in [-0.25, -0.2) is 0 Å². The Bertz CT molecular complexity index is 625. The van der Waals surface area contributed by atoms with Crippen LogP contribution in [0.3, 0.4) is 0 Å². The maximum absolute atomic E-state index is 11.8. The van der Waals surface area contributed by atoms with Crippen molar-refractivity contribution in [2.45, 2.75) is 0 Å². The Hall–Kier alpha value is -1.61. The molecule has 0 aliphatic rings. The van der Waals surface area contributed by atoms with Crippen molar-refractivity contribution in [3.05, 3.63) is 44.8 Å². The van der Waals surface area contributed by atoms with Crippen LogP contribution >= 0.6 is 33.9 Å². The molecule has 0 bridgehead atoms. The molecule has 2 rings (SSSR count). The second kappa shape index (κ2) is 6.71. The molecule has 0 atom stereocenters. The highest BCUT2D eigenvalue weighted by molar-refractivity contribution is 14.1. The molecule has 0 unspecified atom stereocenters. The van der Waals surface area contributed by atoms with Crippen LogP contribution in [0.15, 0.2) is 35.7 Å². The van der Waals surface area contributed by atoms with Crippen LogP contribution in [0.1, 0.15) is 10.4 Å². The minimum absolute atomic E-state index is 0.122. The molecular weight excluding hydrogens is 389 g/mol. The van der Waals surface area contributed by atoms with Gasteiger partial charge in [-0.3, -0.25) is 9.59 Å². The van der Waals surface area contributed by atoms with Gasteiger partial charge in [-0.15, -0.1) is 11.3 Å². The van der Waals surface area contributed by atoms with Crippen molar-refractivity contribution in [3.63, 3.8) is 0 Å². The lowest BCUT2D eigenvalue weighted by Crippen LogP contribution is -2.23. The van der Waals surface area contributed by atoms with Crippen LogP contribution in [0.4, 0.5) is 10.7 Å². The number of hydrogen-bond acceptors (Lipinski definition) is 4. The number of halogens is 1. The molecule has 0 radical (unpaired) electrons. The topological polar surface area (TPSA) is 84.2 Å². The summed E-state index contributed by atoms with van der Waals surface area (Å²) in [7, 11) is 0. The number of nitrogens with one attached hydrogen (secondary N) is 2. The average molecular weight is 401 g/mol. The first-order chi connectivity index (χ1) is 9.56. The van der Waals surface area contributed by atoms with Crippen molar-refractivity contribution in [3.8, 4) is 0 Å². The number of anilines is 2. The zero-order chi connectivity index (χ0) is 14.5. The maximum Gasteiger partial charge on any atom is 0.251 e. The molecule has 2 aromatic rings. The summed E-state index contributed by atoms with van der Waals surface area (Å²) in [5.41, 5.74) is 6.41. The van der Waals surface area contributed by atoms with E-state index in [9.17, 15) is 9.59 Å². The zero-order valence-electron chi connectivity index (χ0n) is 10.4. The molecule has 2 amide bonds. The Morgan fingerprint density at radius 1 is 1.20 bits per heavy atom. The summed E-state index contributed by atoms with van der Waals surface area (Å²) in [6, 6.07) is 9.29. The van der Waals surface area contributed by atoms with Crippen LogP contribution in [0, 0.1) is 3.57 Å². The monoisotopic (exact) mass is 401 g/mol. The highest BCUT2D eigenvalue weighted by Gasteiger charge is 2.12. The number of hydrogen-bond donors (Lipinski definition) is 3. The SMILES string of the molecule is NC(=O)c1ccsc1NC(=O)CNc1ccc(I)cc1. The molecule has 0 saturated heterocycles. The predicted molar refractivity (Wildman–Crippen MR) is 89.1 cm³/mol. The van der Waals surface area contributed by atoms with Crippen molar-refractivity contribution in [1.29, 1.82) is 0 Å². The van der Waals surface area contributed by atoms with E-state index in [1.165, 1.54) is 11.3 Å². The van der Waals surface area contributed by atoms with Crippen LogP contribution in [0.2, 0.25) is 0 Å². The number of rotatable bonds is 5. The fourth-order valence-electron chi connectivity index (χ4n) is 1.52. The molecule has 0 fully saturated rings. The summed E-state index contributed by atoms with van der Waals surface area (Å²) in [4.78, 5) is 22.9. The van der Waals surface area contributed by atoms with Gasteiger partial charge >= 0.3 is 0 Å². The number of thiophene rings is 1. The molecule has 1 aromatic carbocycles. The van der Waals surface area contributed by atoms with Crippen molar-refractivity contribution >= 4 is 56.4 Å². The zero-order valence-corrected chi connectivity index (χ0v) is 13.3. The van der Waals surface area contributed by atoms with E-state index in [2.05, 4.69) is 33.2 Å². The van der Waals surface area contributed by atoms with E-state index < -0.39 is 5.91 Å². The third kappa shape index (κ3) is 3.94. The summed E-state index contributed by atoms with van der Waals surface area (Å²) in [5, 5.41) is 7.86. The first-order valence-corrected chi connectivity index (χ1v) is 7.68. The molecule has 1 heterocycles. The Labute approximate surface area is 133 Å². The fraction of sp³-hybridized carbons (Fsp3) is 0.0769. The molecule has 5 nitrogen and oxygen atoms in total. The van der Waals surface area contributed by atoms with Gasteiger partial charge in [-0.05, 0) is 58.3 Å². The standard InChI is InChI=1S/C13H12IN3O2S/c14-8-1-3-9(4-2-8)16-7-11(18)17-13-10(12(15)19)5-6-20-13/h1-6,16H,7H2,(H2,15,19)(H,17,18). The summed E-state index contributed by atoms with van der Waals surface area (Å²) in [6.07, 6.45) is 0. The van der Waals surface area contributed by atoms with Crippen molar-refractivity contribution in [1.82, 2.24) is 0 Å². The summed E-state index contributed by atoms with van der Waals surface area (Å²) < 4.78 is 1.13. The number of nitrogens with two attached hydrogens (primary N) is 1. The number of benzene rings is 1. The molecule has 7 heteroatoms. The van der Waals surface area contributed by atoms with E-state index in [0.29, 0.717) is 10.6 Å². The van der Waals surface area contributed by atoms with Crippen LogP contribution in [0.5, 0.6) is 0 Å². The molecule has 1 aromatic heterocycles. The highest BCUT2D eigenvalue weighted by Crippen LogP contribution is 2.22. The Morgan fingerprint density at radius 2 is 1.90 bits per heavy atom. The van der Waals surface area contributed by atoms with E-state index in [0.717, 1.165) is 9.26 Å². The minimum atomic E-state index is -0.549. The molecule has 0 saturated carbocycles. The fourth-order valence-corrected chi connectivity index (χ4v) is 2.69. The van der Waals surface area contributed by atoms with E-state index >= 15 is 0 Å². The van der Waals surface area contributed by atoms with Gasteiger partial charge in [0.05, 0.1) is 12.1 Å². The van der Waals surface area contributed by atoms with Gasteiger partial charge in [0.15, 0.2) is 0 Å². The molecule has 4 N–H and O–H groups in total. The summed E-state index contributed by atoms with van der Waals surface area (Å²) in [5.74, 6) is -0.777. The lowest BCUT2D eigenvalue weighted by molar-refractivity contribution is -0.114. The largest absolute Gasteiger partial charge is 0.376 e. The smallest absolute Gasteiger partial charge is 0.251 e. The van der Waals surface area contributed by atoms with Crippen molar-refractivity contribution in [2.24, 2.45) is 5.73 Å². The third-order valence-electron chi connectivity index (χ3n) is 2.48. The van der Waals surface area contributed by atoms with Gasteiger partial charge in [-0.2, -0.15) is 0 Å². The van der Waals surface area contributed by atoms with Crippen molar-refractivity contribution < 1.29 is 9.59 Å². The Kier molecular flexibility index (Phi) is 4.96. The van der Waals surface area contributed by atoms with Crippen LogP contribution in [-0.4, -0.2) is 18.4 Å².